The zero-order valence-corrected chi connectivity index (χ0v) is 13.2. The molecule has 0 bridgehead atoms. The molecule has 1 aromatic carbocycles. The summed E-state index contributed by atoms with van der Waals surface area (Å²) in [5.41, 5.74) is 8.04. The van der Waals surface area contributed by atoms with Crippen LogP contribution in [-0.2, 0) is 16.6 Å². The van der Waals surface area contributed by atoms with E-state index >= 15 is 0 Å². The fourth-order valence-electron chi connectivity index (χ4n) is 1.87. The number of aryl methyl sites for hydroxylation is 2. The van der Waals surface area contributed by atoms with Gasteiger partial charge in [-0.05, 0) is 43.5 Å². The number of nitrogens with zero attached hydrogens (tertiary/aromatic N) is 1. The highest BCUT2D eigenvalue weighted by Crippen LogP contribution is 2.25. The van der Waals surface area contributed by atoms with Gasteiger partial charge in [0.2, 0.25) is 0 Å². The van der Waals surface area contributed by atoms with Gasteiger partial charge >= 0.3 is 0 Å². The van der Waals surface area contributed by atoms with Gasteiger partial charge in [-0.25, -0.2) is 13.4 Å². The number of hydrogen-bond acceptors (Lipinski definition) is 5. The summed E-state index contributed by atoms with van der Waals surface area (Å²) in [6.07, 6.45) is 1.64. The molecule has 7 heteroatoms. The molecule has 0 radical (unpaired) electrons. The number of rotatable bonds is 4. The van der Waals surface area contributed by atoms with Gasteiger partial charge in [-0.1, -0.05) is 6.07 Å². The van der Waals surface area contributed by atoms with Crippen LogP contribution < -0.4 is 10.5 Å². The molecule has 0 atom stereocenters. The SMILES string of the molecule is Cc1cnc(NS(=O)(=O)c2cc(CN)cc(C)c2C)s1. The van der Waals surface area contributed by atoms with E-state index in [1.165, 1.54) is 11.3 Å². The standard InChI is InChI=1S/C13H17N3O2S2/c1-8-4-11(6-14)5-12(10(8)3)20(17,18)16-13-15-7-9(2)19-13/h4-5,7H,6,14H2,1-3H3,(H,15,16). The number of sulfonamides is 1. The molecule has 0 aliphatic rings. The molecule has 0 fully saturated rings. The lowest BCUT2D eigenvalue weighted by Gasteiger charge is -2.12. The highest BCUT2D eigenvalue weighted by atomic mass is 32.2. The molecule has 0 unspecified atom stereocenters. The van der Waals surface area contributed by atoms with Crippen LogP contribution in [0.4, 0.5) is 5.13 Å². The lowest BCUT2D eigenvalue weighted by Crippen LogP contribution is -2.15. The molecule has 20 heavy (non-hydrogen) atoms. The molecule has 5 nitrogen and oxygen atoms in total. The molecule has 0 aliphatic heterocycles. The number of nitrogens with one attached hydrogen (secondary N) is 1. The molecule has 0 saturated carbocycles. The van der Waals surface area contributed by atoms with Gasteiger partial charge in [-0.15, -0.1) is 11.3 Å². The maximum Gasteiger partial charge on any atom is 0.263 e. The number of anilines is 1. The largest absolute Gasteiger partial charge is 0.326 e. The average Bonchev–Trinajstić information content (AvgIpc) is 2.76. The van der Waals surface area contributed by atoms with Gasteiger partial charge in [0.05, 0.1) is 4.90 Å². The Hall–Kier alpha value is -1.44. The second-order valence-corrected chi connectivity index (χ2v) is 7.51. The van der Waals surface area contributed by atoms with E-state index in [9.17, 15) is 8.42 Å². The fourth-order valence-corrected chi connectivity index (χ4v) is 4.14. The number of benzene rings is 1. The highest BCUT2D eigenvalue weighted by Gasteiger charge is 2.20. The predicted molar refractivity (Wildman–Crippen MR) is 81.5 cm³/mol. The Morgan fingerprint density at radius 3 is 2.55 bits per heavy atom. The summed E-state index contributed by atoms with van der Waals surface area (Å²) >= 11 is 1.30. The first-order valence-electron chi connectivity index (χ1n) is 6.09. The molecular formula is C13H17N3O2S2. The molecule has 2 aromatic rings. The summed E-state index contributed by atoms with van der Waals surface area (Å²) in [5.74, 6) is 0. The van der Waals surface area contributed by atoms with Crippen LogP contribution >= 0.6 is 11.3 Å². The lowest BCUT2D eigenvalue weighted by atomic mass is 10.1. The van der Waals surface area contributed by atoms with Crippen molar-refractivity contribution >= 4 is 26.5 Å². The second-order valence-electron chi connectivity index (χ2n) is 4.62. The first-order valence-corrected chi connectivity index (χ1v) is 8.39. The third kappa shape index (κ3) is 3.00. The number of hydrogen-bond donors (Lipinski definition) is 2. The van der Waals surface area contributed by atoms with E-state index < -0.39 is 10.0 Å². The Kier molecular flexibility index (Phi) is 4.12. The molecule has 3 N–H and O–H groups in total. The Labute approximate surface area is 122 Å². The Morgan fingerprint density at radius 2 is 2.00 bits per heavy atom. The Morgan fingerprint density at radius 1 is 1.30 bits per heavy atom. The van der Waals surface area contributed by atoms with Crippen LogP contribution in [-0.4, -0.2) is 13.4 Å². The molecule has 0 aliphatic carbocycles. The molecule has 108 valence electrons. The summed E-state index contributed by atoms with van der Waals surface area (Å²) in [7, 11) is -3.64. The fraction of sp³-hybridized carbons (Fsp3) is 0.308. The zero-order valence-electron chi connectivity index (χ0n) is 11.6. The smallest absolute Gasteiger partial charge is 0.263 e. The van der Waals surface area contributed by atoms with Crippen molar-refractivity contribution in [1.82, 2.24) is 4.98 Å². The minimum Gasteiger partial charge on any atom is -0.326 e. The van der Waals surface area contributed by atoms with Crippen molar-refractivity contribution in [2.24, 2.45) is 5.73 Å². The summed E-state index contributed by atoms with van der Waals surface area (Å²) in [6.45, 7) is 5.85. The molecule has 1 aromatic heterocycles. The van der Waals surface area contributed by atoms with Crippen LogP contribution in [0.1, 0.15) is 21.6 Å². The van der Waals surface area contributed by atoms with Gasteiger partial charge in [-0.2, -0.15) is 0 Å². The van der Waals surface area contributed by atoms with Crippen molar-refractivity contribution in [3.05, 3.63) is 39.9 Å². The topological polar surface area (TPSA) is 85.1 Å². The van der Waals surface area contributed by atoms with Crippen LogP contribution in [0.15, 0.2) is 23.2 Å². The van der Waals surface area contributed by atoms with Gasteiger partial charge in [0.25, 0.3) is 10.0 Å². The van der Waals surface area contributed by atoms with Gasteiger partial charge in [0.1, 0.15) is 0 Å². The minimum absolute atomic E-state index is 0.255. The van der Waals surface area contributed by atoms with Crippen molar-refractivity contribution in [3.8, 4) is 0 Å². The third-order valence-electron chi connectivity index (χ3n) is 3.05. The highest BCUT2D eigenvalue weighted by molar-refractivity contribution is 7.93. The van der Waals surface area contributed by atoms with Crippen molar-refractivity contribution < 1.29 is 8.42 Å². The maximum atomic E-state index is 12.5. The van der Waals surface area contributed by atoms with Crippen molar-refractivity contribution in [2.45, 2.75) is 32.2 Å². The van der Waals surface area contributed by atoms with Crippen molar-refractivity contribution in [2.75, 3.05) is 4.72 Å². The van der Waals surface area contributed by atoms with E-state index in [2.05, 4.69) is 9.71 Å². The third-order valence-corrected chi connectivity index (χ3v) is 5.47. The molecular weight excluding hydrogens is 294 g/mol. The van der Waals surface area contributed by atoms with Crippen molar-refractivity contribution in [3.63, 3.8) is 0 Å². The minimum atomic E-state index is -3.64. The Balaban J connectivity index is 2.46. The van der Waals surface area contributed by atoms with Gasteiger partial charge in [-0.3, -0.25) is 4.72 Å². The zero-order chi connectivity index (χ0) is 14.9. The van der Waals surface area contributed by atoms with Crippen LogP contribution in [0.2, 0.25) is 0 Å². The van der Waals surface area contributed by atoms with Gasteiger partial charge in [0.15, 0.2) is 5.13 Å². The van der Waals surface area contributed by atoms with Crippen molar-refractivity contribution in [1.29, 1.82) is 0 Å². The predicted octanol–water partition coefficient (Wildman–Crippen LogP) is 2.33. The molecule has 0 spiro atoms. The van der Waals surface area contributed by atoms with Crippen LogP contribution in [0.3, 0.4) is 0 Å². The van der Waals surface area contributed by atoms with E-state index in [-0.39, 0.29) is 4.90 Å². The van der Waals surface area contributed by atoms with Gasteiger partial charge in [0, 0.05) is 17.6 Å². The summed E-state index contributed by atoms with van der Waals surface area (Å²) in [6, 6.07) is 3.52. The molecule has 0 saturated heterocycles. The molecule has 2 rings (SSSR count). The first-order chi connectivity index (χ1) is 9.33. The van der Waals surface area contributed by atoms with E-state index in [4.69, 9.17) is 5.73 Å². The lowest BCUT2D eigenvalue weighted by molar-refractivity contribution is 0.600. The number of nitrogens with two attached hydrogens (primary N) is 1. The van der Waals surface area contributed by atoms with E-state index in [0.717, 1.165) is 21.6 Å². The Bertz CT molecular complexity index is 736. The average molecular weight is 311 g/mol. The quantitative estimate of drug-likeness (QED) is 0.907. The van der Waals surface area contributed by atoms with E-state index in [1.807, 2.05) is 19.9 Å². The van der Waals surface area contributed by atoms with Crippen LogP contribution in [0.5, 0.6) is 0 Å². The first kappa shape index (κ1) is 15.0. The molecule has 1 heterocycles. The van der Waals surface area contributed by atoms with Crippen LogP contribution in [0, 0.1) is 20.8 Å². The number of thiazole rings is 1. The van der Waals surface area contributed by atoms with E-state index in [1.54, 1.807) is 19.2 Å². The van der Waals surface area contributed by atoms with E-state index in [0.29, 0.717) is 11.7 Å². The number of aromatic nitrogens is 1. The maximum absolute atomic E-state index is 12.5. The monoisotopic (exact) mass is 311 g/mol. The second kappa shape index (κ2) is 5.51. The summed E-state index contributed by atoms with van der Waals surface area (Å²) in [5, 5.41) is 0.373. The summed E-state index contributed by atoms with van der Waals surface area (Å²) in [4.78, 5) is 5.23. The normalized spacial score (nSPS) is 11.6. The van der Waals surface area contributed by atoms with Crippen LogP contribution in [0.25, 0.3) is 0 Å². The van der Waals surface area contributed by atoms with Gasteiger partial charge < -0.3 is 5.73 Å². The molecule has 0 amide bonds. The summed E-state index contributed by atoms with van der Waals surface area (Å²) < 4.78 is 27.4.